The van der Waals surface area contributed by atoms with Crippen LogP contribution >= 0.6 is 0 Å². The monoisotopic (exact) mass is 1870 g/mol. The summed E-state index contributed by atoms with van der Waals surface area (Å²) in [7, 11) is -5.80. The van der Waals surface area contributed by atoms with Gasteiger partial charge in [0.05, 0.1) is 24.6 Å². The molecule has 0 aliphatic carbocycles. The summed E-state index contributed by atoms with van der Waals surface area (Å²) >= 11 is 0. The fraction of sp³-hybridized carbons (Fsp3) is 0.0776. The second-order valence-corrected chi connectivity index (χ2v) is 40.6. The number of halogens is 4. The summed E-state index contributed by atoms with van der Waals surface area (Å²) in [5.74, 6) is -3.94. The molecule has 2 bridgehead atoms. The molecule has 17 rings (SSSR count). The van der Waals surface area contributed by atoms with Crippen LogP contribution in [0.4, 0.5) is 51.7 Å². The maximum atomic E-state index is 16.0. The summed E-state index contributed by atoms with van der Waals surface area (Å²) < 4.78 is 125. The highest BCUT2D eigenvalue weighted by Crippen LogP contribution is 2.38. The topological polar surface area (TPSA) is 132 Å². The number of ether oxygens (including phenoxy) is 3. The van der Waals surface area contributed by atoms with Crippen LogP contribution in [0.15, 0.2) is 376 Å². The zero-order chi connectivity index (χ0) is 94.3. The largest absolute Gasteiger partial charge is 0.536 e. The summed E-state index contributed by atoms with van der Waals surface area (Å²) in [6, 6.07) is 119. The number of hydrogen-bond donors (Lipinski definition) is 1. The van der Waals surface area contributed by atoms with E-state index in [2.05, 4.69) is 119 Å². The van der Waals surface area contributed by atoms with Crippen LogP contribution < -0.4 is 39.6 Å². The lowest BCUT2D eigenvalue weighted by Crippen LogP contribution is -2.67. The molecule has 0 amide bonds. The van der Waals surface area contributed by atoms with E-state index in [1.54, 1.807) is 94.2 Å². The number of rotatable bonds is 34. The van der Waals surface area contributed by atoms with Crippen molar-refractivity contribution in [3.05, 3.63) is 494 Å². The van der Waals surface area contributed by atoms with E-state index < -0.39 is 61.2 Å². The van der Waals surface area contributed by atoms with Gasteiger partial charge in [-0.3, -0.25) is 4.98 Å². The second-order valence-electron chi connectivity index (χ2n) is 32.4. The van der Waals surface area contributed by atoms with Crippen molar-refractivity contribution < 1.29 is 67.2 Å². The summed E-state index contributed by atoms with van der Waals surface area (Å²) in [4.78, 5) is 22.5. The summed E-state index contributed by atoms with van der Waals surface area (Å²) in [6.07, 6.45) is 23.1. The molecule has 1 aromatic heterocycles. The van der Waals surface area contributed by atoms with Crippen molar-refractivity contribution in [1.29, 1.82) is 0 Å². The van der Waals surface area contributed by atoms with Crippen molar-refractivity contribution in [3.63, 3.8) is 0 Å². The molecule has 1 N–H and O–H groups in total. The Balaban J connectivity index is 0.552. The third-order valence-corrected chi connectivity index (χ3v) is 31.7. The van der Waals surface area contributed by atoms with E-state index >= 15 is 17.6 Å². The Kier molecular flexibility index (Phi) is 30.4. The lowest BCUT2D eigenvalue weighted by atomic mass is 10.1. The van der Waals surface area contributed by atoms with Gasteiger partial charge in [0.15, 0.2) is 34.8 Å². The first kappa shape index (κ1) is 93.7. The van der Waals surface area contributed by atoms with Gasteiger partial charge in [0, 0.05) is 78.1 Å². The molecule has 0 spiro atoms. The average molecular weight is 1870 g/mol. The van der Waals surface area contributed by atoms with E-state index in [1.807, 2.05) is 243 Å². The highest BCUT2D eigenvalue weighted by Gasteiger charge is 2.55. The van der Waals surface area contributed by atoms with Gasteiger partial charge in [-0.25, -0.2) is 17.6 Å². The molecule has 0 saturated carbocycles. The van der Waals surface area contributed by atoms with Crippen molar-refractivity contribution in [1.82, 2.24) is 4.98 Å². The van der Waals surface area contributed by atoms with Crippen LogP contribution in [-0.4, -0.2) is 64.6 Å². The van der Waals surface area contributed by atoms with Crippen LogP contribution in [-0.2, 0) is 63.7 Å². The first-order valence-corrected chi connectivity index (χ1v) is 49.8. The Morgan fingerprint density at radius 2 is 0.577 bits per heavy atom. The molecule has 1 aliphatic heterocycles. The zero-order valence-electron chi connectivity index (χ0n) is 75.6. The van der Waals surface area contributed by atoms with Crippen molar-refractivity contribution >= 4 is 149 Å². The Labute approximate surface area is 798 Å². The van der Waals surface area contributed by atoms with Gasteiger partial charge in [0.2, 0.25) is 0 Å². The molecule has 2 atom stereocenters. The van der Waals surface area contributed by atoms with Crippen molar-refractivity contribution in [2.75, 3.05) is 38.2 Å². The smallest absolute Gasteiger partial charge is 0.489 e. The molecule has 2 unspecified atom stereocenters. The second kappa shape index (κ2) is 44.4. The van der Waals surface area contributed by atoms with Crippen molar-refractivity contribution in [2.45, 2.75) is 33.0 Å². The lowest BCUT2D eigenvalue weighted by Gasteiger charge is -2.36. The molecule has 21 heteroatoms. The molecule has 16 aromatic rings. The Morgan fingerprint density at radius 1 is 0.307 bits per heavy atom. The first-order valence-electron chi connectivity index (χ1n) is 44.6. The van der Waals surface area contributed by atoms with Gasteiger partial charge < -0.3 is 59.5 Å². The summed E-state index contributed by atoms with van der Waals surface area (Å²) in [5, 5.41) is 1.49. The fourth-order valence-corrected chi connectivity index (χ4v) is 23.3. The van der Waals surface area contributed by atoms with Gasteiger partial charge in [-0.15, -0.1) is 0 Å². The number of pyridine rings is 1. The van der Waals surface area contributed by atoms with Gasteiger partial charge in [0.1, 0.15) is 25.6 Å². The molecule has 682 valence electrons. The molecule has 0 radical (unpaired) electrons. The van der Waals surface area contributed by atoms with E-state index in [4.69, 9.17) is 49.9 Å². The van der Waals surface area contributed by atoms with E-state index in [0.717, 1.165) is 106 Å². The number of hydrogen-bond acceptors (Lipinski definition) is 14. The molecule has 15 aromatic carbocycles. The minimum absolute atomic E-state index is 0.135. The lowest BCUT2D eigenvalue weighted by molar-refractivity contribution is 0.0785. The Morgan fingerprint density at radius 3 is 0.898 bits per heavy atom. The van der Waals surface area contributed by atoms with Gasteiger partial charge in [-0.2, -0.15) is 0 Å². The number of benzene rings is 15. The first-order chi connectivity index (χ1) is 67.0. The SMILES string of the molecule is CO[Si](OC)(OC)c1ccc(COc2ccc(/C=C/c3ccc(/C=C/c4cc5nc(c4)CO[Si](OC)(c4ccc(COc6c(F)cc(/C=C/c7ccc(/C=C/c8ccc(N(c9ccccc9)c9ccccc9)cc8)cc7)cc6F)cc4)O[Si](O)(c4ccc(COc6c(F)cc(/C=C/c7ccc(/C=C/c8ccc(N(c9ccccc9)c9ccccc9)cc8)cc7)cc6F)cc4)OC5)cc3)cc2)cc1. The highest BCUT2D eigenvalue weighted by atomic mass is 28.5. The van der Waals surface area contributed by atoms with Gasteiger partial charge in [0.25, 0.3) is 0 Å². The summed E-state index contributed by atoms with van der Waals surface area (Å²) in [5.41, 5.74) is 19.3. The number of fused-ring (bicyclic) bond motifs is 2. The standard InChI is InChI=1S/C116H97F4N3O11Si3/c1-125-136(126-2,127-3)109-69-57-93(58-70-109)79-129-107-65-53-92(54-66-107)42-39-86-25-31-87(32-26-86)43-46-96-73-99-82-132-135(124,108-67-55-94(56-68-108)80-130-115-111(117)75-97(76-112(115)118)47-44-88-33-27-84(28-34-88)37-40-90-49-61-105(62-50-90)122(101-17-9-5-10-18-101)102-19-11-6-12-20-102)134-137(128-4,133-83-100(74-96)121-99)110-71-59-95(60-72-110)81-131-116-113(119)77-98(78-114(116)120)48-45-89-35-29-85(30-36-89)38-41-91-51-63-106(64-52-91)123(103-21-13-7-14-22-103)104-23-15-8-16-24-104/h5-78,124H,79-83H2,1-4H3/b40-37+,41-38+,42-39+,46-43+,47-44+,48-45+. The number of para-hydroxylation sites is 4. The zero-order valence-corrected chi connectivity index (χ0v) is 78.6. The van der Waals surface area contributed by atoms with E-state index in [0.29, 0.717) is 45.4 Å². The van der Waals surface area contributed by atoms with Crippen LogP contribution in [0.3, 0.4) is 0 Å². The van der Waals surface area contributed by atoms with Crippen molar-refractivity contribution in [3.8, 4) is 17.2 Å². The maximum absolute atomic E-state index is 16.0. The van der Waals surface area contributed by atoms with Gasteiger partial charge in [-0.1, -0.05) is 328 Å². The van der Waals surface area contributed by atoms with E-state index in [1.165, 1.54) is 31.4 Å². The Bertz CT molecular complexity index is 6810. The van der Waals surface area contributed by atoms with Crippen LogP contribution in [0.25, 0.3) is 72.9 Å². The Hall–Kier alpha value is -15.1. The predicted molar refractivity (Wildman–Crippen MR) is 548 cm³/mol. The third-order valence-electron chi connectivity index (χ3n) is 23.1. The quantitative estimate of drug-likeness (QED) is 0.0233. The van der Waals surface area contributed by atoms with Crippen LogP contribution in [0.1, 0.15) is 94.8 Å². The number of aromatic nitrogens is 1. The number of nitrogens with zero attached hydrogens (tertiary/aromatic N) is 3. The number of anilines is 6. The minimum atomic E-state index is -4.70. The predicted octanol–water partition coefficient (Wildman–Crippen LogP) is 25.8. The molecule has 1 aliphatic rings. The van der Waals surface area contributed by atoms with Crippen molar-refractivity contribution in [2.24, 2.45) is 0 Å². The summed E-state index contributed by atoms with van der Waals surface area (Å²) in [6.45, 7) is -0.450. The van der Waals surface area contributed by atoms with Crippen LogP contribution in [0, 0.1) is 23.3 Å². The van der Waals surface area contributed by atoms with Gasteiger partial charge >= 0.3 is 26.4 Å². The van der Waals surface area contributed by atoms with Crippen LogP contribution in [0.2, 0.25) is 0 Å². The highest BCUT2D eigenvalue weighted by molar-refractivity contribution is 6.87. The fourth-order valence-electron chi connectivity index (χ4n) is 15.8. The average Bonchev–Trinajstić information content (AvgIpc) is 0.765. The molecule has 0 saturated heterocycles. The van der Waals surface area contributed by atoms with E-state index in [-0.39, 0.29) is 31.6 Å². The minimum Gasteiger partial charge on any atom is -0.489 e. The molecule has 0 fully saturated rings. The van der Waals surface area contributed by atoms with E-state index in [9.17, 15) is 4.80 Å². The van der Waals surface area contributed by atoms with Crippen LogP contribution in [0.5, 0.6) is 17.2 Å². The molecular weight excluding hydrogens is 1770 g/mol. The maximum Gasteiger partial charge on any atom is 0.536 e. The molecular formula is C116H97F4N3O11Si3. The van der Waals surface area contributed by atoms with Gasteiger partial charge in [-0.05, 0) is 205 Å². The molecule has 14 nitrogen and oxygen atoms in total. The normalized spacial score (nSPS) is 14.7. The molecule has 2 heterocycles. The third kappa shape index (κ3) is 23.8. The molecule has 137 heavy (non-hydrogen) atoms.